The first-order valence-corrected chi connectivity index (χ1v) is 9.26. The summed E-state index contributed by atoms with van der Waals surface area (Å²) in [5, 5.41) is 21.7. The molecule has 2 aromatic carbocycles. The lowest BCUT2D eigenvalue weighted by Gasteiger charge is -2.34. The molecule has 26 heavy (non-hydrogen) atoms. The summed E-state index contributed by atoms with van der Waals surface area (Å²) in [6, 6.07) is 15.9. The van der Waals surface area contributed by atoms with E-state index in [9.17, 15) is 14.5 Å². The molecular weight excluding hydrogens is 353 g/mol. The maximum absolute atomic E-state index is 11.7. The zero-order valence-electron chi connectivity index (χ0n) is 14.1. The zero-order chi connectivity index (χ0) is 18.6. The summed E-state index contributed by atoms with van der Waals surface area (Å²) < 4.78 is 17.6. The fourth-order valence-electron chi connectivity index (χ4n) is 3.11. The second-order valence-electron chi connectivity index (χ2n) is 6.40. The number of morpholine rings is 1. The van der Waals surface area contributed by atoms with Crippen molar-refractivity contribution in [2.75, 3.05) is 13.2 Å². The van der Waals surface area contributed by atoms with Crippen molar-refractivity contribution in [1.82, 2.24) is 5.32 Å². The Kier molecular flexibility index (Phi) is 5.79. The molecule has 2 unspecified atom stereocenters. The third-order valence-corrected chi connectivity index (χ3v) is 5.43. The highest BCUT2D eigenvalue weighted by Crippen LogP contribution is 2.33. The predicted molar refractivity (Wildman–Crippen MR) is 98.0 cm³/mol. The van der Waals surface area contributed by atoms with Gasteiger partial charge in [-0.2, -0.15) is 0 Å². The third kappa shape index (κ3) is 4.17. The maximum Gasteiger partial charge on any atom is 0.362 e. The van der Waals surface area contributed by atoms with Gasteiger partial charge in [0.2, 0.25) is 0 Å². The van der Waals surface area contributed by atoms with Crippen LogP contribution in [0.15, 0.2) is 54.6 Å². The molecule has 0 saturated carbocycles. The average Bonchev–Trinajstić information content (AvgIpc) is 2.69. The molecule has 3 N–H and O–H groups in total. The molecule has 6 nitrogen and oxygen atoms in total. The molecule has 0 amide bonds. The van der Waals surface area contributed by atoms with E-state index >= 15 is 0 Å². The molecule has 3 rings (SSSR count). The largest absolute Gasteiger partial charge is 0.478 e. The molecule has 1 fully saturated rings. The molecule has 0 radical (unpaired) electrons. The fraction of sp³-hybridized carbons (Fsp3) is 0.316. The molecule has 1 aliphatic heterocycles. The average molecular weight is 374 g/mol. The summed E-state index contributed by atoms with van der Waals surface area (Å²) >= 11 is 0. The van der Waals surface area contributed by atoms with Crippen LogP contribution in [0.2, 0.25) is 0 Å². The highest BCUT2D eigenvalue weighted by atomic mass is 31.1. The standard InChI is InChI=1S/C19H20NO5P/c21-18(22)15-8-4-7-14(9-15)16-12-25-17(11-20-16)19(23,26-24)10-13-5-2-1-3-6-13/h1-9,16-17,20,23H,10-12H2,(H,21,22)/p+1/t16-,17+,19?/m0/s1. The van der Waals surface area contributed by atoms with Crippen molar-refractivity contribution in [3.8, 4) is 0 Å². The van der Waals surface area contributed by atoms with Crippen LogP contribution in [0.5, 0.6) is 0 Å². The van der Waals surface area contributed by atoms with Gasteiger partial charge in [0, 0.05) is 6.54 Å². The Labute approximate surface area is 153 Å². The number of aliphatic hydroxyl groups is 1. The van der Waals surface area contributed by atoms with E-state index in [2.05, 4.69) is 5.32 Å². The Morgan fingerprint density at radius 1 is 1.23 bits per heavy atom. The van der Waals surface area contributed by atoms with Crippen LogP contribution in [0.1, 0.15) is 27.5 Å². The Morgan fingerprint density at radius 2 is 2.00 bits per heavy atom. The van der Waals surface area contributed by atoms with E-state index in [0.717, 1.165) is 11.1 Å². The Balaban J connectivity index is 1.68. The van der Waals surface area contributed by atoms with Crippen LogP contribution in [0, 0.1) is 0 Å². The van der Waals surface area contributed by atoms with Crippen LogP contribution in [0.3, 0.4) is 0 Å². The third-order valence-electron chi connectivity index (χ3n) is 4.58. The SMILES string of the molecule is O=[PH+]C(O)(Cc1ccccc1)[C@H]1CN[C@H](c2cccc(C(=O)O)c2)CO1. The lowest BCUT2D eigenvalue weighted by Crippen LogP contribution is -2.52. The van der Waals surface area contributed by atoms with Crippen LogP contribution < -0.4 is 5.32 Å². The maximum atomic E-state index is 11.7. The van der Waals surface area contributed by atoms with Crippen LogP contribution >= 0.6 is 8.46 Å². The summed E-state index contributed by atoms with van der Waals surface area (Å²) in [6.07, 6.45) is -0.376. The van der Waals surface area contributed by atoms with Crippen LogP contribution in [-0.2, 0) is 15.7 Å². The molecule has 1 heterocycles. The summed E-state index contributed by atoms with van der Waals surface area (Å²) in [5.74, 6) is -0.980. The lowest BCUT2D eigenvalue weighted by atomic mass is 9.99. The number of nitrogens with one attached hydrogen (secondary N) is 1. The molecule has 0 aromatic heterocycles. The minimum atomic E-state index is -1.47. The molecule has 0 spiro atoms. The molecule has 2 aromatic rings. The van der Waals surface area contributed by atoms with Gasteiger partial charge < -0.3 is 20.3 Å². The van der Waals surface area contributed by atoms with Crippen molar-refractivity contribution in [1.29, 1.82) is 0 Å². The number of carboxylic acids is 1. The van der Waals surface area contributed by atoms with E-state index in [1.807, 2.05) is 36.4 Å². The van der Waals surface area contributed by atoms with E-state index in [1.165, 1.54) is 6.07 Å². The van der Waals surface area contributed by atoms with Crippen LogP contribution in [-0.4, -0.2) is 40.8 Å². The van der Waals surface area contributed by atoms with Gasteiger partial charge >= 0.3 is 14.4 Å². The highest BCUT2D eigenvalue weighted by Gasteiger charge is 2.48. The zero-order valence-corrected chi connectivity index (χ0v) is 15.1. The van der Waals surface area contributed by atoms with E-state index in [-0.39, 0.29) is 24.6 Å². The van der Waals surface area contributed by atoms with E-state index in [0.29, 0.717) is 6.54 Å². The minimum absolute atomic E-state index is 0.179. The number of carbonyl (C=O) groups is 1. The smallest absolute Gasteiger partial charge is 0.362 e. The second-order valence-corrected chi connectivity index (χ2v) is 7.47. The molecular formula is C19H21NO5P+. The van der Waals surface area contributed by atoms with Gasteiger partial charge in [-0.1, -0.05) is 47.0 Å². The van der Waals surface area contributed by atoms with E-state index in [1.54, 1.807) is 12.1 Å². The van der Waals surface area contributed by atoms with Crippen LogP contribution in [0.25, 0.3) is 0 Å². The van der Waals surface area contributed by atoms with Crippen LogP contribution in [0.4, 0.5) is 0 Å². The second kappa shape index (κ2) is 8.06. The topological polar surface area (TPSA) is 95.9 Å². The number of aromatic carboxylic acids is 1. The van der Waals surface area contributed by atoms with Crippen molar-refractivity contribution in [3.05, 3.63) is 71.3 Å². The number of ether oxygens (including phenoxy) is 1. The van der Waals surface area contributed by atoms with Crippen molar-refractivity contribution in [2.24, 2.45) is 0 Å². The van der Waals surface area contributed by atoms with Gasteiger partial charge in [0.05, 0.1) is 24.6 Å². The van der Waals surface area contributed by atoms with Gasteiger partial charge in [-0.3, -0.25) is 0 Å². The van der Waals surface area contributed by atoms with E-state index in [4.69, 9.17) is 9.84 Å². The number of carboxylic acid groups (broad SMARTS) is 1. The molecule has 0 bridgehead atoms. The molecule has 1 saturated heterocycles. The lowest BCUT2D eigenvalue weighted by molar-refractivity contribution is -0.0853. The van der Waals surface area contributed by atoms with Crippen molar-refractivity contribution >= 4 is 14.4 Å². The van der Waals surface area contributed by atoms with Gasteiger partial charge in [-0.15, -0.1) is 0 Å². The number of hydrogen-bond acceptors (Lipinski definition) is 5. The van der Waals surface area contributed by atoms with Crippen molar-refractivity contribution in [3.63, 3.8) is 0 Å². The molecule has 136 valence electrons. The molecule has 1 aliphatic rings. The summed E-state index contributed by atoms with van der Waals surface area (Å²) in [5.41, 5.74) is 1.91. The van der Waals surface area contributed by atoms with Gasteiger partial charge in [0.15, 0.2) is 0 Å². The first-order chi connectivity index (χ1) is 12.5. The van der Waals surface area contributed by atoms with Crippen molar-refractivity contribution < 1.29 is 24.3 Å². The fourth-order valence-corrected chi connectivity index (χ4v) is 3.70. The quantitative estimate of drug-likeness (QED) is 0.672. The Morgan fingerprint density at radius 3 is 2.62 bits per heavy atom. The van der Waals surface area contributed by atoms with Gasteiger partial charge in [-0.05, 0) is 23.3 Å². The molecule has 0 aliphatic carbocycles. The Hall–Kier alpha value is -2.11. The van der Waals surface area contributed by atoms with Gasteiger partial charge in [-0.25, -0.2) is 4.79 Å². The number of rotatable bonds is 6. The first kappa shape index (κ1) is 18.7. The number of benzene rings is 2. The number of hydrogen-bond donors (Lipinski definition) is 3. The monoisotopic (exact) mass is 374 g/mol. The predicted octanol–water partition coefficient (Wildman–Crippen LogP) is 2.37. The van der Waals surface area contributed by atoms with E-state index < -0.39 is 25.9 Å². The summed E-state index contributed by atoms with van der Waals surface area (Å²) in [7, 11) is -0.926. The summed E-state index contributed by atoms with van der Waals surface area (Å²) in [6.45, 7) is 0.579. The highest BCUT2D eigenvalue weighted by molar-refractivity contribution is 7.25. The molecule has 4 atom stereocenters. The normalized spacial score (nSPS) is 22.7. The van der Waals surface area contributed by atoms with Gasteiger partial charge in [0.25, 0.3) is 5.34 Å². The summed E-state index contributed by atoms with van der Waals surface area (Å²) in [4.78, 5) is 11.1. The van der Waals surface area contributed by atoms with Crippen molar-refractivity contribution in [2.45, 2.75) is 23.9 Å². The first-order valence-electron chi connectivity index (χ1n) is 8.36. The minimum Gasteiger partial charge on any atom is -0.478 e. The van der Waals surface area contributed by atoms with Gasteiger partial charge in [0.1, 0.15) is 6.10 Å². The Bertz CT molecular complexity index is 777. The molecule has 7 heteroatoms.